The Bertz CT molecular complexity index is 321. The summed E-state index contributed by atoms with van der Waals surface area (Å²) in [5.41, 5.74) is 2.01. The molecule has 0 aliphatic carbocycles. The van der Waals surface area contributed by atoms with Crippen LogP contribution in [0.3, 0.4) is 0 Å². The lowest BCUT2D eigenvalue weighted by Crippen LogP contribution is -2.20. The van der Waals surface area contributed by atoms with Gasteiger partial charge < -0.3 is 5.32 Å². The Labute approximate surface area is 109 Å². The van der Waals surface area contributed by atoms with Crippen molar-refractivity contribution in [2.75, 3.05) is 25.1 Å². The molecule has 1 aromatic rings. The molecule has 0 atom stereocenters. The minimum Gasteiger partial charge on any atom is -0.315 e. The van der Waals surface area contributed by atoms with Crippen molar-refractivity contribution in [2.45, 2.75) is 20.8 Å². The minimum atomic E-state index is 0. The van der Waals surface area contributed by atoms with Crippen LogP contribution >= 0.6 is 11.8 Å². The molecule has 0 saturated heterocycles. The molecule has 0 heterocycles. The maximum absolute atomic E-state index is 11.7. The average molecular weight is 253 g/mol. The minimum absolute atomic E-state index is 0. The normalized spacial score (nSPS) is 9.76. The van der Waals surface area contributed by atoms with E-state index in [1.165, 1.54) is 5.56 Å². The highest BCUT2D eigenvalue weighted by Crippen LogP contribution is 2.05. The van der Waals surface area contributed by atoms with Crippen LogP contribution in [0, 0.1) is 6.92 Å². The van der Waals surface area contributed by atoms with Gasteiger partial charge >= 0.3 is 0 Å². The molecule has 0 aliphatic heterocycles. The van der Waals surface area contributed by atoms with E-state index in [0.717, 1.165) is 24.4 Å². The number of hydrogen-bond acceptors (Lipinski definition) is 3. The van der Waals surface area contributed by atoms with Crippen LogP contribution in [0.1, 0.15) is 29.8 Å². The number of carbonyl (C=O) groups excluding carboxylic acids is 1. The molecule has 1 N–H and O–H groups in total. The molecule has 0 saturated carbocycles. The lowest BCUT2D eigenvalue weighted by atomic mass is 10.1. The number of rotatable bonds is 7. The zero-order valence-corrected chi connectivity index (χ0v) is 10.8. The molecule has 0 unspecified atom stereocenters. The highest BCUT2D eigenvalue weighted by Gasteiger charge is 2.04. The van der Waals surface area contributed by atoms with Crippen molar-refractivity contribution in [2.24, 2.45) is 0 Å². The third kappa shape index (κ3) is 6.49. The SMILES string of the molecule is C.CSCCNCCC(=O)c1ccc(C)cc1. The van der Waals surface area contributed by atoms with E-state index in [0.29, 0.717) is 6.42 Å². The molecule has 0 radical (unpaired) electrons. The molecule has 1 aromatic carbocycles. The molecule has 1 rings (SSSR count). The number of nitrogens with one attached hydrogen (secondary N) is 1. The molecular weight excluding hydrogens is 230 g/mol. The van der Waals surface area contributed by atoms with Crippen LogP contribution in [0.25, 0.3) is 0 Å². The first kappa shape index (κ1) is 16.2. The first-order chi connectivity index (χ1) is 7.74. The number of Topliss-reactive ketones (excluding diaryl/α,β-unsaturated/α-hetero) is 1. The van der Waals surface area contributed by atoms with Gasteiger partial charge in [0, 0.05) is 30.8 Å². The largest absolute Gasteiger partial charge is 0.315 e. The fourth-order valence-corrected chi connectivity index (χ4v) is 1.73. The summed E-state index contributed by atoms with van der Waals surface area (Å²) in [6, 6.07) is 7.77. The van der Waals surface area contributed by atoms with Crippen molar-refractivity contribution in [3.8, 4) is 0 Å². The second kappa shape index (κ2) is 9.25. The highest BCUT2D eigenvalue weighted by atomic mass is 32.2. The summed E-state index contributed by atoms with van der Waals surface area (Å²) in [5.74, 6) is 1.32. The van der Waals surface area contributed by atoms with Gasteiger partial charge in [-0.1, -0.05) is 37.3 Å². The Balaban J connectivity index is 0.00000256. The predicted molar refractivity (Wildman–Crippen MR) is 78.1 cm³/mol. The van der Waals surface area contributed by atoms with Gasteiger partial charge in [0.25, 0.3) is 0 Å². The third-order valence-corrected chi connectivity index (χ3v) is 3.00. The summed E-state index contributed by atoms with van der Waals surface area (Å²) >= 11 is 1.81. The summed E-state index contributed by atoms with van der Waals surface area (Å²) in [6.45, 7) is 3.77. The maximum Gasteiger partial charge on any atom is 0.164 e. The summed E-state index contributed by atoms with van der Waals surface area (Å²) in [4.78, 5) is 11.7. The number of thioether (sulfide) groups is 1. The number of benzene rings is 1. The lowest BCUT2D eigenvalue weighted by Gasteiger charge is -2.03. The van der Waals surface area contributed by atoms with Crippen LogP contribution in [-0.2, 0) is 0 Å². The molecule has 3 heteroatoms. The van der Waals surface area contributed by atoms with Crippen molar-refractivity contribution < 1.29 is 4.79 Å². The smallest absolute Gasteiger partial charge is 0.164 e. The zero-order chi connectivity index (χ0) is 11.8. The van der Waals surface area contributed by atoms with E-state index in [1.54, 1.807) is 0 Å². The van der Waals surface area contributed by atoms with Crippen LogP contribution in [0.2, 0.25) is 0 Å². The summed E-state index contributed by atoms with van der Waals surface area (Å²) in [6.07, 6.45) is 2.66. The van der Waals surface area contributed by atoms with Gasteiger partial charge in [0.1, 0.15) is 0 Å². The Kier molecular flexibility index (Phi) is 8.82. The van der Waals surface area contributed by atoms with Crippen molar-refractivity contribution in [3.63, 3.8) is 0 Å². The zero-order valence-electron chi connectivity index (χ0n) is 9.95. The fourth-order valence-electron chi connectivity index (χ4n) is 1.38. The Morgan fingerprint density at radius 3 is 2.47 bits per heavy atom. The number of hydrogen-bond donors (Lipinski definition) is 1. The fraction of sp³-hybridized carbons (Fsp3) is 0.500. The molecular formula is C14H23NOS. The van der Waals surface area contributed by atoms with Gasteiger partial charge in [-0.3, -0.25) is 4.79 Å². The van der Waals surface area contributed by atoms with Crippen LogP contribution < -0.4 is 5.32 Å². The molecule has 0 aromatic heterocycles. The van der Waals surface area contributed by atoms with E-state index in [-0.39, 0.29) is 13.2 Å². The van der Waals surface area contributed by atoms with Crippen molar-refractivity contribution >= 4 is 17.5 Å². The number of carbonyl (C=O) groups is 1. The van der Waals surface area contributed by atoms with Gasteiger partial charge in [-0.15, -0.1) is 0 Å². The number of ketones is 1. The molecule has 17 heavy (non-hydrogen) atoms. The van der Waals surface area contributed by atoms with E-state index in [9.17, 15) is 4.79 Å². The molecule has 0 fully saturated rings. The summed E-state index contributed by atoms with van der Waals surface area (Å²) in [5, 5.41) is 3.26. The summed E-state index contributed by atoms with van der Waals surface area (Å²) < 4.78 is 0. The topological polar surface area (TPSA) is 29.1 Å². The maximum atomic E-state index is 11.7. The standard InChI is InChI=1S/C13H19NOS.CH4/c1-11-3-5-12(6-4-11)13(15)7-8-14-9-10-16-2;/h3-6,14H,7-10H2,1-2H3;1H4. The average Bonchev–Trinajstić information content (AvgIpc) is 2.29. The van der Waals surface area contributed by atoms with Crippen molar-refractivity contribution in [1.29, 1.82) is 0 Å². The van der Waals surface area contributed by atoms with Gasteiger partial charge in [-0.25, -0.2) is 0 Å². The van der Waals surface area contributed by atoms with Gasteiger partial charge in [0.05, 0.1) is 0 Å². The van der Waals surface area contributed by atoms with E-state index in [1.807, 2.05) is 43.0 Å². The van der Waals surface area contributed by atoms with Crippen molar-refractivity contribution in [1.82, 2.24) is 5.32 Å². The first-order valence-electron chi connectivity index (χ1n) is 5.53. The van der Waals surface area contributed by atoms with E-state index < -0.39 is 0 Å². The monoisotopic (exact) mass is 253 g/mol. The molecule has 2 nitrogen and oxygen atoms in total. The van der Waals surface area contributed by atoms with Gasteiger partial charge in [-0.2, -0.15) is 11.8 Å². The Morgan fingerprint density at radius 1 is 1.24 bits per heavy atom. The van der Waals surface area contributed by atoms with E-state index in [2.05, 4.69) is 11.6 Å². The molecule has 0 amide bonds. The Hall–Kier alpha value is -0.800. The van der Waals surface area contributed by atoms with Crippen LogP contribution in [0.5, 0.6) is 0 Å². The van der Waals surface area contributed by atoms with Gasteiger partial charge in [0.15, 0.2) is 5.78 Å². The Morgan fingerprint density at radius 2 is 1.88 bits per heavy atom. The molecule has 96 valence electrons. The molecule has 0 aliphatic rings. The van der Waals surface area contributed by atoms with Crippen LogP contribution in [0.15, 0.2) is 24.3 Å². The second-order valence-electron chi connectivity index (χ2n) is 3.78. The predicted octanol–water partition coefficient (Wildman–Crippen LogP) is 3.16. The van der Waals surface area contributed by atoms with E-state index >= 15 is 0 Å². The molecule has 0 bridgehead atoms. The second-order valence-corrected chi connectivity index (χ2v) is 4.77. The van der Waals surface area contributed by atoms with Gasteiger partial charge in [-0.05, 0) is 13.2 Å². The number of aryl methyl sites for hydroxylation is 1. The lowest BCUT2D eigenvalue weighted by molar-refractivity contribution is 0.0983. The van der Waals surface area contributed by atoms with Crippen LogP contribution in [-0.4, -0.2) is 30.9 Å². The van der Waals surface area contributed by atoms with Gasteiger partial charge in [0.2, 0.25) is 0 Å². The first-order valence-corrected chi connectivity index (χ1v) is 6.93. The summed E-state index contributed by atoms with van der Waals surface area (Å²) in [7, 11) is 0. The highest BCUT2D eigenvalue weighted by molar-refractivity contribution is 7.98. The van der Waals surface area contributed by atoms with Crippen LogP contribution in [0.4, 0.5) is 0 Å². The van der Waals surface area contributed by atoms with E-state index in [4.69, 9.17) is 0 Å². The molecule has 0 spiro atoms. The third-order valence-electron chi connectivity index (χ3n) is 2.39. The quantitative estimate of drug-likeness (QED) is 0.598. The van der Waals surface area contributed by atoms with Crippen molar-refractivity contribution in [3.05, 3.63) is 35.4 Å².